The van der Waals surface area contributed by atoms with Crippen LogP contribution in [0.3, 0.4) is 0 Å². The Morgan fingerprint density at radius 1 is 1.44 bits per heavy atom. The predicted molar refractivity (Wildman–Crippen MR) is 75.8 cm³/mol. The third kappa shape index (κ3) is 2.25. The first-order chi connectivity index (χ1) is 7.76. The molecular weight excluding hydrogens is 336 g/mol. The number of carbonyl (C=O) groups is 1. The molecule has 84 valence electrons. The number of carbonyl (C=O) groups excluding carboxylic acids is 1. The minimum absolute atomic E-state index is 0.669. The van der Waals surface area contributed by atoms with Crippen molar-refractivity contribution in [2.24, 2.45) is 0 Å². The van der Waals surface area contributed by atoms with Crippen molar-refractivity contribution in [3.63, 3.8) is 0 Å². The van der Waals surface area contributed by atoms with Gasteiger partial charge in [0.05, 0.1) is 0 Å². The van der Waals surface area contributed by atoms with E-state index in [9.17, 15) is 4.79 Å². The quantitative estimate of drug-likeness (QED) is 0.466. The van der Waals surface area contributed by atoms with Gasteiger partial charge in [0, 0.05) is 38.7 Å². The van der Waals surface area contributed by atoms with Gasteiger partial charge in [-0.3, -0.25) is 4.79 Å². The van der Waals surface area contributed by atoms with E-state index >= 15 is 0 Å². The Hall–Kier alpha value is -0.550. The molecule has 0 fully saturated rings. The minimum atomic E-state index is 0.669. The first-order valence-electron chi connectivity index (χ1n) is 5.06. The van der Waals surface area contributed by atoms with Gasteiger partial charge < -0.3 is 4.57 Å². The Morgan fingerprint density at radius 3 is 2.94 bits per heavy atom. The Balaban J connectivity index is 2.54. The highest BCUT2D eigenvalue weighted by molar-refractivity contribution is 14.1. The minimum Gasteiger partial charge on any atom is -0.347 e. The molecule has 2 aromatic rings. The number of aromatic nitrogens is 1. The van der Waals surface area contributed by atoms with E-state index in [1.165, 1.54) is 0 Å². The van der Waals surface area contributed by atoms with Crippen LogP contribution >= 0.6 is 34.2 Å². The number of aryl methyl sites for hydroxylation is 1. The topological polar surface area (TPSA) is 22.0 Å². The van der Waals surface area contributed by atoms with Crippen LogP contribution in [-0.4, -0.2) is 15.3 Å². The number of fused-ring (bicyclic) bond motifs is 1. The molecule has 0 unspecified atom stereocenters. The van der Waals surface area contributed by atoms with Crippen LogP contribution in [0, 0.1) is 0 Å². The van der Waals surface area contributed by atoms with Crippen molar-refractivity contribution in [3.05, 3.63) is 35.0 Å². The van der Waals surface area contributed by atoms with Crippen molar-refractivity contribution in [2.45, 2.75) is 13.0 Å². The van der Waals surface area contributed by atoms with Gasteiger partial charge in [-0.25, -0.2) is 0 Å². The third-order valence-electron chi connectivity index (χ3n) is 2.53. The summed E-state index contributed by atoms with van der Waals surface area (Å²) in [6, 6.07) is 5.68. The fourth-order valence-electron chi connectivity index (χ4n) is 1.81. The van der Waals surface area contributed by atoms with Gasteiger partial charge in [-0.15, -0.1) is 0 Å². The second kappa shape index (κ2) is 5.19. The van der Waals surface area contributed by atoms with Crippen molar-refractivity contribution < 1.29 is 4.79 Å². The Kier molecular flexibility index (Phi) is 3.86. The van der Waals surface area contributed by atoms with Crippen molar-refractivity contribution in [1.29, 1.82) is 0 Å². The Labute approximate surface area is 113 Å². The van der Waals surface area contributed by atoms with Crippen LogP contribution in [0.15, 0.2) is 24.4 Å². The molecule has 0 saturated heterocycles. The zero-order valence-electron chi connectivity index (χ0n) is 8.62. The summed E-state index contributed by atoms with van der Waals surface area (Å²) in [5, 5.41) is 1.61. The fraction of sp³-hybridized carbons (Fsp3) is 0.250. The molecule has 0 saturated carbocycles. The lowest BCUT2D eigenvalue weighted by Gasteiger charge is -2.03. The number of halogens is 2. The van der Waals surface area contributed by atoms with Crippen LogP contribution in [-0.2, 0) is 6.54 Å². The summed E-state index contributed by atoms with van der Waals surface area (Å²) in [5.41, 5.74) is 1.79. The standard InChI is InChI=1S/C12H11ClINO/c13-10-2-3-12-11(6-10)9(8-16)7-15(12)5-1-4-14/h2-3,6-8H,1,4-5H2. The summed E-state index contributed by atoms with van der Waals surface area (Å²) in [7, 11) is 0. The van der Waals surface area contributed by atoms with E-state index in [1.54, 1.807) is 0 Å². The number of hydrogen-bond donors (Lipinski definition) is 0. The maximum Gasteiger partial charge on any atom is 0.152 e. The van der Waals surface area contributed by atoms with Crippen LogP contribution in [0.25, 0.3) is 10.9 Å². The number of rotatable bonds is 4. The molecule has 4 heteroatoms. The fourth-order valence-corrected chi connectivity index (χ4v) is 2.32. The largest absolute Gasteiger partial charge is 0.347 e. The molecule has 0 aliphatic carbocycles. The summed E-state index contributed by atoms with van der Waals surface area (Å²) in [6.07, 6.45) is 3.89. The first-order valence-corrected chi connectivity index (χ1v) is 6.96. The number of alkyl halides is 1. The van der Waals surface area contributed by atoms with Crippen molar-refractivity contribution in [3.8, 4) is 0 Å². The monoisotopic (exact) mass is 347 g/mol. The molecule has 1 aromatic carbocycles. The molecule has 0 aliphatic heterocycles. The molecule has 2 nitrogen and oxygen atoms in total. The molecule has 0 atom stereocenters. The van der Waals surface area contributed by atoms with Crippen LogP contribution in [0.5, 0.6) is 0 Å². The summed E-state index contributed by atoms with van der Waals surface area (Å²) in [4.78, 5) is 11.0. The maximum absolute atomic E-state index is 11.0. The number of hydrogen-bond acceptors (Lipinski definition) is 1. The highest BCUT2D eigenvalue weighted by Crippen LogP contribution is 2.24. The normalized spacial score (nSPS) is 10.9. The summed E-state index contributed by atoms with van der Waals surface area (Å²) in [6.45, 7) is 0.939. The maximum atomic E-state index is 11.0. The highest BCUT2D eigenvalue weighted by Gasteiger charge is 2.07. The van der Waals surface area contributed by atoms with Gasteiger partial charge in [-0.2, -0.15) is 0 Å². The van der Waals surface area contributed by atoms with Gasteiger partial charge in [-0.05, 0) is 24.6 Å². The van der Waals surface area contributed by atoms with E-state index in [0.29, 0.717) is 10.6 Å². The van der Waals surface area contributed by atoms with Crippen molar-refractivity contribution >= 4 is 51.4 Å². The van der Waals surface area contributed by atoms with Crippen LogP contribution in [0.4, 0.5) is 0 Å². The molecule has 0 spiro atoms. The van der Waals surface area contributed by atoms with E-state index < -0.39 is 0 Å². The molecule has 0 aliphatic rings. The lowest BCUT2D eigenvalue weighted by atomic mass is 10.2. The predicted octanol–water partition coefficient (Wildman–Crippen LogP) is 3.93. The van der Waals surface area contributed by atoms with Crippen LogP contribution in [0.1, 0.15) is 16.8 Å². The van der Waals surface area contributed by atoms with Crippen molar-refractivity contribution in [2.75, 3.05) is 4.43 Å². The second-order valence-corrected chi connectivity index (χ2v) is 5.11. The number of aldehydes is 1. The Bertz CT molecular complexity index is 521. The molecule has 0 radical (unpaired) electrons. The number of nitrogens with zero attached hydrogens (tertiary/aromatic N) is 1. The van der Waals surface area contributed by atoms with E-state index in [2.05, 4.69) is 27.2 Å². The van der Waals surface area contributed by atoms with Crippen molar-refractivity contribution in [1.82, 2.24) is 4.57 Å². The molecule has 0 amide bonds. The molecule has 1 aromatic heterocycles. The average molecular weight is 348 g/mol. The number of benzene rings is 1. The second-order valence-electron chi connectivity index (χ2n) is 3.60. The summed E-state index contributed by atoms with van der Waals surface area (Å²) >= 11 is 8.29. The third-order valence-corrected chi connectivity index (χ3v) is 3.53. The molecule has 16 heavy (non-hydrogen) atoms. The summed E-state index contributed by atoms with van der Waals surface area (Å²) < 4.78 is 3.23. The summed E-state index contributed by atoms with van der Waals surface area (Å²) in [5.74, 6) is 0. The Morgan fingerprint density at radius 2 is 2.25 bits per heavy atom. The van der Waals surface area contributed by atoms with Gasteiger partial charge in [0.1, 0.15) is 0 Å². The van der Waals surface area contributed by atoms with Crippen LogP contribution in [0.2, 0.25) is 5.02 Å². The van der Waals surface area contributed by atoms with Gasteiger partial charge in [0.2, 0.25) is 0 Å². The van der Waals surface area contributed by atoms with Crippen LogP contribution < -0.4 is 0 Å². The first kappa shape index (κ1) is 11.9. The lowest BCUT2D eigenvalue weighted by Crippen LogP contribution is -1.96. The van der Waals surface area contributed by atoms with Gasteiger partial charge in [0.25, 0.3) is 0 Å². The molecule has 2 rings (SSSR count). The zero-order valence-corrected chi connectivity index (χ0v) is 11.5. The lowest BCUT2D eigenvalue weighted by molar-refractivity contribution is 0.112. The van der Waals surface area contributed by atoms with Gasteiger partial charge in [-0.1, -0.05) is 34.2 Å². The van der Waals surface area contributed by atoms with E-state index in [-0.39, 0.29) is 0 Å². The average Bonchev–Trinajstić information content (AvgIpc) is 2.63. The SMILES string of the molecule is O=Cc1cn(CCCI)c2ccc(Cl)cc12. The van der Waals surface area contributed by atoms with Gasteiger partial charge >= 0.3 is 0 Å². The zero-order chi connectivity index (χ0) is 11.5. The van der Waals surface area contributed by atoms with Gasteiger partial charge in [0.15, 0.2) is 6.29 Å². The molecule has 1 heterocycles. The highest BCUT2D eigenvalue weighted by atomic mass is 127. The molecule has 0 N–H and O–H groups in total. The van der Waals surface area contributed by atoms with E-state index in [0.717, 1.165) is 34.6 Å². The molecular formula is C12H11ClINO. The smallest absolute Gasteiger partial charge is 0.152 e. The van der Waals surface area contributed by atoms with E-state index in [4.69, 9.17) is 11.6 Å². The van der Waals surface area contributed by atoms with E-state index in [1.807, 2.05) is 24.4 Å². The molecule has 0 bridgehead atoms.